The zero-order valence-corrected chi connectivity index (χ0v) is 15.3. The van der Waals surface area contributed by atoms with Crippen molar-refractivity contribution in [2.75, 3.05) is 25.0 Å². The summed E-state index contributed by atoms with van der Waals surface area (Å²) in [6.07, 6.45) is 3.89. The van der Waals surface area contributed by atoms with Crippen molar-refractivity contribution in [2.24, 2.45) is 11.8 Å². The van der Waals surface area contributed by atoms with E-state index in [9.17, 15) is 9.59 Å². The van der Waals surface area contributed by atoms with Gasteiger partial charge in [0.25, 0.3) is 0 Å². The van der Waals surface area contributed by atoms with Crippen LogP contribution in [0.3, 0.4) is 0 Å². The summed E-state index contributed by atoms with van der Waals surface area (Å²) in [4.78, 5) is 28.9. The minimum Gasteiger partial charge on any atom is -0.339 e. The molecule has 3 amide bonds. The van der Waals surface area contributed by atoms with E-state index in [1.165, 1.54) is 0 Å². The highest BCUT2D eigenvalue weighted by atomic mass is 35.5. The number of fused-ring (bicyclic) bond motifs is 4. The predicted molar refractivity (Wildman–Crippen MR) is 97.7 cm³/mol. The summed E-state index contributed by atoms with van der Waals surface area (Å²) in [6, 6.07) is 5.81. The third-order valence-electron chi connectivity index (χ3n) is 5.88. The first-order valence-corrected chi connectivity index (χ1v) is 9.50. The fourth-order valence-electron chi connectivity index (χ4n) is 4.70. The van der Waals surface area contributed by atoms with Gasteiger partial charge in [0.1, 0.15) is 0 Å². The van der Waals surface area contributed by atoms with Crippen LogP contribution in [0.4, 0.5) is 10.5 Å². The van der Waals surface area contributed by atoms with Crippen molar-refractivity contribution in [1.82, 2.24) is 9.80 Å². The minimum absolute atomic E-state index is 0.0491. The zero-order valence-electron chi connectivity index (χ0n) is 14.5. The summed E-state index contributed by atoms with van der Waals surface area (Å²) < 4.78 is 0. The Kier molecular flexibility index (Phi) is 4.36. The second kappa shape index (κ2) is 6.52. The number of benzene rings is 1. The Morgan fingerprint density at radius 2 is 2.12 bits per heavy atom. The van der Waals surface area contributed by atoms with Crippen LogP contribution in [0, 0.1) is 18.8 Å². The monoisotopic (exact) mass is 361 g/mol. The van der Waals surface area contributed by atoms with E-state index in [2.05, 4.69) is 10.2 Å². The number of urea groups is 1. The molecule has 3 aliphatic heterocycles. The van der Waals surface area contributed by atoms with Crippen molar-refractivity contribution in [1.29, 1.82) is 0 Å². The molecule has 1 aromatic carbocycles. The van der Waals surface area contributed by atoms with E-state index in [0.29, 0.717) is 35.2 Å². The van der Waals surface area contributed by atoms with Gasteiger partial charge in [-0.2, -0.15) is 0 Å². The zero-order chi connectivity index (χ0) is 17.6. The molecule has 0 aliphatic carbocycles. The summed E-state index contributed by atoms with van der Waals surface area (Å²) in [6.45, 7) is 4.20. The van der Waals surface area contributed by atoms with Crippen LogP contribution in [0.5, 0.6) is 0 Å². The van der Waals surface area contributed by atoms with Crippen molar-refractivity contribution < 1.29 is 9.59 Å². The number of nitrogens with one attached hydrogen (secondary N) is 1. The Morgan fingerprint density at radius 1 is 1.28 bits per heavy atom. The highest BCUT2D eigenvalue weighted by Gasteiger charge is 2.44. The van der Waals surface area contributed by atoms with Crippen molar-refractivity contribution in [3.8, 4) is 0 Å². The molecule has 3 aliphatic rings. The molecule has 5 nitrogen and oxygen atoms in total. The molecule has 25 heavy (non-hydrogen) atoms. The van der Waals surface area contributed by atoms with E-state index in [1.807, 2.05) is 30.0 Å². The fourth-order valence-corrected chi connectivity index (χ4v) is 4.82. The van der Waals surface area contributed by atoms with Gasteiger partial charge in [0.15, 0.2) is 0 Å². The molecule has 1 N–H and O–H groups in total. The summed E-state index contributed by atoms with van der Waals surface area (Å²) >= 11 is 6.05. The van der Waals surface area contributed by atoms with E-state index < -0.39 is 0 Å². The topological polar surface area (TPSA) is 52.7 Å². The Morgan fingerprint density at radius 3 is 2.92 bits per heavy atom. The van der Waals surface area contributed by atoms with Gasteiger partial charge in [-0.3, -0.25) is 4.79 Å². The molecule has 134 valence electrons. The van der Waals surface area contributed by atoms with Crippen LogP contribution in [-0.2, 0) is 4.79 Å². The average molecular weight is 362 g/mol. The van der Waals surface area contributed by atoms with Crippen LogP contribution in [0.25, 0.3) is 0 Å². The molecule has 3 atom stereocenters. The molecular formula is C19H24ClN3O2. The SMILES string of the molecule is Cc1cc(NC(=O)N2CC3CC(C2)[C@@H]2CCCC(=O)N2C3)ccc1Cl. The molecule has 6 heteroatoms. The second-order valence-corrected chi connectivity index (χ2v) is 8.07. The van der Waals surface area contributed by atoms with Gasteiger partial charge in [-0.25, -0.2) is 4.79 Å². The molecule has 3 fully saturated rings. The Hall–Kier alpha value is -1.75. The number of hydrogen-bond donors (Lipinski definition) is 1. The summed E-state index contributed by atoms with van der Waals surface area (Å²) in [5.74, 6) is 1.12. The van der Waals surface area contributed by atoms with E-state index in [-0.39, 0.29) is 6.03 Å². The van der Waals surface area contributed by atoms with Crippen LogP contribution >= 0.6 is 11.6 Å². The first kappa shape index (κ1) is 16.7. The first-order valence-electron chi connectivity index (χ1n) is 9.13. The summed E-state index contributed by atoms with van der Waals surface area (Å²) in [7, 11) is 0. The molecule has 0 aromatic heterocycles. The molecular weight excluding hydrogens is 338 g/mol. The van der Waals surface area contributed by atoms with Gasteiger partial charge in [-0.15, -0.1) is 0 Å². The number of piperidine rings is 3. The first-order chi connectivity index (χ1) is 12.0. The number of halogens is 1. The Bertz CT molecular complexity index is 708. The van der Waals surface area contributed by atoms with Gasteiger partial charge in [-0.1, -0.05) is 11.6 Å². The van der Waals surface area contributed by atoms with E-state index in [0.717, 1.165) is 50.1 Å². The molecule has 3 heterocycles. The van der Waals surface area contributed by atoms with Gasteiger partial charge in [0.05, 0.1) is 0 Å². The van der Waals surface area contributed by atoms with E-state index in [4.69, 9.17) is 11.6 Å². The lowest BCUT2D eigenvalue weighted by atomic mass is 9.76. The summed E-state index contributed by atoms with van der Waals surface area (Å²) in [5, 5.41) is 3.70. The molecule has 2 unspecified atom stereocenters. The largest absolute Gasteiger partial charge is 0.339 e. The average Bonchev–Trinajstić information content (AvgIpc) is 2.59. The molecule has 0 saturated carbocycles. The Labute approximate surface area is 153 Å². The third-order valence-corrected chi connectivity index (χ3v) is 6.30. The molecule has 3 saturated heterocycles. The molecule has 1 aromatic rings. The maximum absolute atomic E-state index is 12.7. The van der Waals surface area contributed by atoms with Gasteiger partial charge in [-0.05, 0) is 61.8 Å². The number of nitrogens with zero attached hydrogens (tertiary/aromatic N) is 2. The fraction of sp³-hybridized carbons (Fsp3) is 0.579. The molecule has 0 radical (unpaired) electrons. The quantitative estimate of drug-likeness (QED) is 0.832. The lowest BCUT2D eigenvalue weighted by Crippen LogP contribution is -2.61. The third kappa shape index (κ3) is 3.22. The number of rotatable bonds is 1. The van der Waals surface area contributed by atoms with Crippen LogP contribution < -0.4 is 5.32 Å². The smallest absolute Gasteiger partial charge is 0.321 e. The van der Waals surface area contributed by atoms with E-state index >= 15 is 0 Å². The number of carbonyl (C=O) groups is 2. The van der Waals surface area contributed by atoms with Crippen LogP contribution in [-0.4, -0.2) is 47.4 Å². The van der Waals surface area contributed by atoms with E-state index in [1.54, 1.807) is 0 Å². The van der Waals surface area contributed by atoms with Crippen molar-refractivity contribution >= 4 is 29.2 Å². The van der Waals surface area contributed by atoms with Gasteiger partial charge in [0, 0.05) is 42.8 Å². The standard InChI is InChI=1S/C19H24ClN3O2/c1-12-7-15(5-6-16(12)20)21-19(25)22-9-13-8-14(11-22)17-3-2-4-18(24)23(17)10-13/h5-7,13-14,17H,2-4,8-11H2,1H3,(H,21,25)/t13?,14?,17-/m0/s1. The number of anilines is 1. The second-order valence-electron chi connectivity index (χ2n) is 7.67. The Balaban J connectivity index is 1.45. The number of hydrogen-bond acceptors (Lipinski definition) is 2. The lowest BCUT2D eigenvalue weighted by Gasteiger charge is -2.52. The minimum atomic E-state index is -0.0491. The summed E-state index contributed by atoms with van der Waals surface area (Å²) in [5.41, 5.74) is 1.73. The number of likely N-dealkylation sites (tertiary alicyclic amines) is 1. The van der Waals surface area contributed by atoms with Gasteiger partial charge >= 0.3 is 6.03 Å². The maximum Gasteiger partial charge on any atom is 0.321 e. The number of amides is 3. The normalized spacial score (nSPS) is 28.6. The number of carbonyl (C=O) groups excluding carboxylic acids is 2. The molecule has 0 spiro atoms. The van der Waals surface area contributed by atoms with Gasteiger partial charge in [0.2, 0.25) is 5.91 Å². The number of aryl methyl sites for hydroxylation is 1. The van der Waals surface area contributed by atoms with Crippen LogP contribution in [0.1, 0.15) is 31.2 Å². The van der Waals surface area contributed by atoms with Crippen LogP contribution in [0.2, 0.25) is 5.02 Å². The van der Waals surface area contributed by atoms with Gasteiger partial charge < -0.3 is 15.1 Å². The molecule has 4 rings (SSSR count). The highest BCUT2D eigenvalue weighted by molar-refractivity contribution is 6.31. The van der Waals surface area contributed by atoms with Crippen molar-refractivity contribution in [3.63, 3.8) is 0 Å². The lowest BCUT2D eigenvalue weighted by molar-refractivity contribution is -0.144. The predicted octanol–water partition coefficient (Wildman–Crippen LogP) is 3.51. The van der Waals surface area contributed by atoms with Crippen molar-refractivity contribution in [2.45, 2.75) is 38.6 Å². The highest BCUT2D eigenvalue weighted by Crippen LogP contribution is 2.38. The van der Waals surface area contributed by atoms with Crippen molar-refractivity contribution in [3.05, 3.63) is 28.8 Å². The van der Waals surface area contributed by atoms with Crippen LogP contribution in [0.15, 0.2) is 18.2 Å². The maximum atomic E-state index is 12.7. The molecule has 2 bridgehead atoms.